The molecule has 1 aliphatic rings. The van der Waals surface area contributed by atoms with Crippen LogP contribution >= 0.6 is 22.6 Å². The number of hydrogen-bond acceptors (Lipinski definition) is 6. The van der Waals surface area contributed by atoms with Crippen LogP contribution in [-0.2, 0) is 4.79 Å². The number of rotatable bonds is 5. The molecule has 1 amide bonds. The minimum Gasteiger partial charge on any atom is -0.504 e. The maximum absolute atomic E-state index is 12.2. The Bertz CT molecular complexity index is 840. The third-order valence-electron chi connectivity index (χ3n) is 3.55. The Morgan fingerprint density at radius 1 is 1.42 bits per heavy atom. The molecule has 0 aromatic heterocycles. The van der Waals surface area contributed by atoms with Crippen molar-refractivity contribution >= 4 is 34.7 Å². The van der Waals surface area contributed by atoms with Gasteiger partial charge in [0.25, 0.3) is 5.91 Å². The van der Waals surface area contributed by atoms with Crippen molar-refractivity contribution in [2.75, 3.05) is 13.2 Å². The van der Waals surface area contributed by atoms with Crippen LogP contribution in [0, 0.1) is 3.57 Å². The molecule has 2 N–H and O–H groups in total. The third-order valence-corrected chi connectivity index (χ3v) is 4.17. The highest BCUT2D eigenvalue weighted by Gasteiger charge is 2.27. The van der Waals surface area contributed by atoms with Crippen LogP contribution < -0.4 is 19.6 Å². The lowest BCUT2D eigenvalue weighted by Crippen LogP contribution is -2.42. The van der Waals surface area contributed by atoms with Crippen LogP contribution in [0.25, 0.3) is 0 Å². The van der Waals surface area contributed by atoms with Gasteiger partial charge in [0.2, 0.25) is 6.10 Å². The van der Waals surface area contributed by atoms with E-state index in [2.05, 4.69) is 33.1 Å². The summed E-state index contributed by atoms with van der Waals surface area (Å²) in [6.45, 7) is 2.36. The largest absolute Gasteiger partial charge is 0.504 e. The number of phenols is 1. The number of phenolic OH excluding ortho intramolecular Hbond substituents is 1. The number of amides is 1. The number of fused-ring (bicyclic) bond motifs is 1. The molecule has 0 saturated heterocycles. The molecule has 1 heterocycles. The molecule has 136 valence electrons. The van der Waals surface area contributed by atoms with Gasteiger partial charge >= 0.3 is 0 Å². The molecule has 2 aromatic rings. The molecule has 1 atom stereocenters. The zero-order valence-electron chi connectivity index (χ0n) is 13.9. The number of carbonyl (C=O) groups excluding carboxylic acids is 1. The first kappa shape index (κ1) is 18.3. The summed E-state index contributed by atoms with van der Waals surface area (Å²) < 4.78 is 17.4. The predicted molar refractivity (Wildman–Crippen MR) is 104 cm³/mol. The van der Waals surface area contributed by atoms with E-state index in [1.54, 1.807) is 30.3 Å². The second kappa shape index (κ2) is 8.26. The van der Waals surface area contributed by atoms with E-state index in [0.29, 0.717) is 29.4 Å². The number of halogens is 1. The number of hydrogen-bond donors (Lipinski definition) is 2. The van der Waals surface area contributed by atoms with E-state index < -0.39 is 12.0 Å². The fraction of sp³-hybridized carbons (Fsp3) is 0.222. The Morgan fingerprint density at radius 2 is 2.19 bits per heavy atom. The van der Waals surface area contributed by atoms with Gasteiger partial charge in [0, 0.05) is 9.13 Å². The summed E-state index contributed by atoms with van der Waals surface area (Å²) in [5.41, 5.74) is 2.84. The van der Waals surface area contributed by atoms with Crippen LogP contribution in [0.1, 0.15) is 12.5 Å². The number of carbonyl (C=O) groups is 1. The molecular formula is C18H17IN2O5. The highest BCUT2D eigenvalue weighted by atomic mass is 127. The lowest BCUT2D eigenvalue weighted by molar-refractivity contribution is -0.130. The Labute approximate surface area is 164 Å². The standard InChI is InChI=1S/C18H17IN2O5/c1-2-24-15-8-12(19)7-11(17(15)22)9-20-21-18(23)16-10-25-13-5-3-4-6-14(13)26-16/h3-9,16,22H,2,10H2,1H3,(H,21,23)/b20-9-/t16-/m1/s1. The summed E-state index contributed by atoms with van der Waals surface area (Å²) in [6, 6.07) is 10.6. The predicted octanol–water partition coefficient (Wildman–Crippen LogP) is 2.69. The van der Waals surface area contributed by atoms with Crippen molar-refractivity contribution in [2.45, 2.75) is 13.0 Å². The van der Waals surface area contributed by atoms with E-state index in [4.69, 9.17) is 14.2 Å². The Morgan fingerprint density at radius 3 is 2.96 bits per heavy atom. The lowest BCUT2D eigenvalue weighted by Gasteiger charge is -2.24. The topological polar surface area (TPSA) is 89.4 Å². The van der Waals surface area contributed by atoms with E-state index in [1.165, 1.54) is 6.21 Å². The number of nitrogens with one attached hydrogen (secondary N) is 1. The summed E-state index contributed by atoms with van der Waals surface area (Å²) in [5.74, 6) is 1.02. The van der Waals surface area contributed by atoms with Crippen molar-refractivity contribution < 1.29 is 24.1 Å². The van der Waals surface area contributed by atoms with Gasteiger partial charge in [-0.3, -0.25) is 4.79 Å². The van der Waals surface area contributed by atoms with E-state index in [0.717, 1.165) is 3.57 Å². The second-order valence-electron chi connectivity index (χ2n) is 5.37. The number of hydrazone groups is 1. The van der Waals surface area contributed by atoms with Gasteiger partial charge in [0.1, 0.15) is 6.61 Å². The summed E-state index contributed by atoms with van der Waals surface area (Å²) in [4.78, 5) is 12.2. The van der Waals surface area contributed by atoms with Gasteiger partial charge in [-0.1, -0.05) is 12.1 Å². The van der Waals surface area contributed by atoms with Crippen LogP contribution in [0.3, 0.4) is 0 Å². The number of nitrogens with zero attached hydrogens (tertiary/aromatic N) is 1. The number of benzene rings is 2. The molecule has 8 heteroatoms. The summed E-state index contributed by atoms with van der Waals surface area (Å²) in [5, 5.41) is 14.1. The SMILES string of the molecule is CCOc1cc(I)cc(/C=N\NC(=O)[C@H]2COc3ccccc3O2)c1O. The van der Waals surface area contributed by atoms with E-state index in [1.807, 2.05) is 13.0 Å². The van der Waals surface area contributed by atoms with Crippen LogP contribution in [-0.4, -0.2) is 36.5 Å². The van der Waals surface area contributed by atoms with Crippen molar-refractivity contribution in [1.82, 2.24) is 5.43 Å². The van der Waals surface area contributed by atoms with Crippen LogP contribution in [0.5, 0.6) is 23.0 Å². The molecule has 0 saturated carbocycles. The van der Waals surface area contributed by atoms with Gasteiger partial charge in [-0.15, -0.1) is 0 Å². The van der Waals surface area contributed by atoms with Crippen molar-refractivity contribution in [2.24, 2.45) is 5.10 Å². The molecule has 0 bridgehead atoms. The molecule has 0 radical (unpaired) electrons. The highest BCUT2D eigenvalue weighted by Crippen LogP contribution is 2.32. The maximum atomic E-state index is 12.2. The van der Waals surface area contributed by atoms with Crippen LogP contribution in [0.4, 0.5) is 0 Å². The van der Waals surface area contributed by atoms with Gasteiger partial charge in [0.05, 0.1) is 12.8 Å². The molecule has 26 heavy (non-hydrogen) atoms. The fourth-order valence-corrected chi connectivity index (χ4v) is 2.96. The highest BCUT2D eigenvalue weighted by molar-refractivity contribution is 14.1. The van der Waals surface area contributed by atoms with Crippen molar-refractivity contribution in [3.63, 3.8) is 0 Å². The molecule has 3 rings (SSSR count). The van der Waals surface area contributed by atoms with Gasteiger partial charge in [0.15, 0.2) is 23.0 Å². The number of para-hydroxylation sites is 2. The Balaban J connectivity index is 1.65. The third kappa shape index (κ3) is 4.18. The lowest BCUT2D eigenvalue weighted by atomic mass is 10.2. The Kier molecular flexibility index (Phi) is 5.82. The molecule has 7 nitrogen and oxygen atoms in total. The average molecular weight is 468 g/mol. The normalized spacial score (nSPS) is 15.7. The van der Waals surface area contributed by atoms with Gasteiger partial charge in [-0.2, -0.15) is 5.10 Å². The minimum absolute atomic E-state index is 0.0311. The number of ether oxygens (including phenoxy) is 3. The first-order chi connectivity index (χ1) is 12.6. The monoisotopic (exact) mass is 468 g/mol. The second-order valence-corrected chi connectivity index (χ2v) is 6.62. The van der Waals surface area contributed by atoms with Crippen LogP contribution in [0.15, 0.2) is 41.5 Å². The molecular weight excluding hydrogens is 451 g/mol. The maximum Gasteiger partial charge on any atom is 0.284 e. The van der Waals surface area contributed by atoms with E-state index in [9.17, 15) is 9.90 Å². The average Bonchev–Trinajstić information content (AvgIpc) is 2.65. The van der Waals surface area contributed by atoms with Crippen LogP contribution in [0.2, 0.25) is 0 Å². The zero-order chi connectivity index (χ0) is 18.5. The Hall–Kier alpha value is -2.49. The van der Waals surface area contributed by atoms with Gasteiger partial charge in [-0.05, 0) is 53.8 Å². The first-order valence-electron chi connectivity index (χ1n) is 7.95. The van der Waals surface area contributed by atoms with E-state index >= 15 is 0 Å². The summed E-state index contributed by atoms with van der Waals surface area (Å²) in [7, 11) is 0. The van der Waals surface area contributed by atoms with Crippen molar-refractivity contribution in [3.05, 3.63) is 45.5 Å². The quantitative estimate of drug-likeness (QED) is 0.400. The molecule has 0 fully saturated rings. The summed E-state index contributed by atoms with van der Waals surface area (Å²) >= 11 is 2.11. The van der Waals surface area contributed by atoms with Gasteiger partial charge < -0.3 is 19.3 Å². The fourth-order valence-electron chi connectivity index (χ4n) is 2.34. The first-order valence-corrected chi connectivity index (χ1v) is 9.03. The van der Waals surface area contributed by atoms with Gasteiger partial charge in [-0.25, -0.2) is 5.43 Å². The minimum atomic E-state index is -0.800. The van der Waals surface area contributed by atoms with E-state index in [-0.39, 0.29) is 12.4 Å². The molecule has 0 spiro atoms. The van der Waals surface area contributed by atoms with Crippen molar-refractivity contribution in [1.29, 1.82) is 0 Å². The summed E-state index contributed by atoms with van der Waals surface area (Å²) in [6.07, 6.45) is 0.556. The molecule has 1 aliphatic heterocycles. The number of aromatic hydroxyl groups is 1. The molecule has 0 unspecified atom stereocenters. The zero-order valence-corrected chi connectivity index (χ0v) is 16.1. The molecule has 2 aromatic carbocycles. The smallest absolute Gasteiger partial charge is 0.284 e. The van der Waals surface area contributed by atoms with Crippen molar-refractivity contribution in [3.8, 4) is 23.0 Å². The molecule has 0 aliphatic carbocycles.